The van der Waals surface area contributed by atoms with E-state index in [-0.39, 0.29) is 0 Å². The minimum absolute atomic E-state index is 0.576. The van der Waals surface area contributed by atoms with E-state index in [0.29, 0.717) is 6.61 Å². The average Bonchev–Trinajstić information content (AvgIpc) is 3.13. The SMILES string of the molecule is COc1ccc(/C=C/c2nc3ccccc3n2CCOc2ccc(C)c(C)c2)cc1. The van der Waals surface area contributed by atoms with E-state index in [1.54, 1.807) is 7.11 Å². The second-order valence-corrected chi connectivity index (χ2v) is 7.31. The number of para-hydroxylation sites is 2. The molecule has 0 unspecified atom stereocenters. The normalized spacial score (nSPS) is 11.3. The fraction of sp³-hybridized carbons (Fsp3) is 0.192. The summed E-state index contributed by atoms with van der Waals surface area (Å²) in [5.41, 5.74) is 5.70. The summed E-state index contributed by atoms with van der Waals surface area (Å²) in [5.74, 6) is 2.66. The van der Waals surface area contributed by atoms with Crippen LogP contribution in [0.1, 0.15) is 22.5 Å². The standard InChI is InChI=1S/C26H26N2O2/c1-19-8-12-23(18-20(19)2)30-17-16-28-25-7-5-4-6-24(25)27-26(28)15-11-21-9-13-22(29-3)14-10-21/h4-15,18H,16-17H2,1-3H3/b15-11+. The van der Waals surface area contributed by atoms with Crippen molar-refractivity contribution in [2.24, 2.45) is 0 Å². The summed E-state index contributed by atoms with van der Waals surface area (Å²) in [6, 6.07) is 22.4. The number of ether oxygens (including phenoxy) is 2. The van der Waals surface area contributed by atoms with Crippen LogP contribution in [0.2, 0.25) is 0 Å². The van der Waals surface area contributed by atoms with E-state index in [2.05, 4.69) is 48.8 Å². The van der Waals surface area contributed by atoms with Gasteiger partial charge in [0.25, 0.3) is 0 Å². The third-order valence-electron chi connectivity index (χ3n) is 5.29. The molecule has 0 aliphatic heterocycles. The van der Waals surface area contributed by atoms with Crippen molar-refractivity contribution < 1.29 is 9.47 Å². The zero-order valence-electron chi connectivity index (χ0n) is 17.6. The molecule has 0 amide bonds. The third kappa shape index (κ3) is 4.38. The third-order valence-corrected chi connectivity index (χ3v) is 5.29. The van der Waals surface area contributed by atoms with Gasteiger partial charge in [0.2, 0.25) is 0 Å². The van der Waals surface area contributed by atoms with Gasteiger partial charge in [-0.2, -0.15) is 0 Å². The topological polar surface area (TPSA) is 36.3 Å². The minimum Gasteiger partial charge on any atom is -0.497 e. The molecule has 0 saturated heterocycles. The fourth-order valence-electron chi connectivity index (χ4n) is 3.40. The fourth-order valence-corrected chi connectivity index (χ4v) is 3.40. The molecule has 0 aliphatic rings. The van der Waals surface area contributed by atoms with Gasteiger partial charge in [0.05, 0.1) is 24.7 Å². The maximum absolute atomic E-state index is 6.02. The first-order valence-electron chi connectivity index (χ1n) is 10.1. The predicted octanol–water partition coefficient (Wildman–Crippen LogP) is 5.91. The van der Waals surface area contributed by atoms with Gasteiger partial charge >= 0.3 is 0 Å². The lowest BCUT2D eigenvalue weighted by Crippen LogP contribution is -2.09. The summed E-state index contributed by atoms with van der Waals surface area (Å²) in [7, 11) is 1.67. The van der Waals surface area contributed by atoms with Crippen LogP contribution in [0.25, 0.3) is 23.2 Å². The molecule has 0 spiro atoms. The number of fused-ring (bicyclic) bond motifs is 1. The Balaban J connectivity index is 1.55. The van der Waals surface area contributed by atoms with Gasteiger partial charge in [0.1, 0.15) is 23.9 Å². The quantitative estimate of drug-likeness (QED) is 0.388. The van der Waals surface area contributed by atoms with Crippen LogP contribution in [0.3, 0.4) is 0 Å². The number of nitrogens with zero attached hydrogens (tertiary/aromatic N) is 2. The summed E-state index contributed by atoms with van der Waals surface area (Å²) in [6.07, 6.45) is 4.12. The van der Waals surface area contributed by atoms with Gasteiger partial charge in [-0.3, -0.25) is 0 Å². The lowest BCUT2D eigenvalue weighted by atomic mass is 10.1. The molecule has 0 bridgehead atoms. The van der Waals surface area contributed by atoms with Crippen molar-refractivity contribution >= 4 is 23.2 Å². The number of aryl methyl sites for hydroxylation is 2. The Morgan fingerprint density at radius 1 is 0.867 bits per heavy atom. The first kappa shape index (κ1) is 19.8. The molecule has 3 aromatic carbocycles. The van der Waals surface area contributed by atoms with Crippen LogP contribution in [-0.2, 0) is 6.54 Å². The van der Waals surface area contributed by atoms with Crippen molar-refractivity contribution in [3.8, 4) is 11.5 Å². The molecule has 4 rings (SSSR count). The highest BCUT2D eigenvalue weighted by Crippen LogP contribution is 2.20. The highest BCUT2D eigenvalue weighted by atomic mass is 16.5. The Morgan fingerprint density at radius 3 is 2.40 bits per heavy atom. The van der Waals surface area contributed by atoms with E-state index in [0.717, 1.165) is 40.5 Å². The minimum atomic E-state index is 0.576. The molecule has 0 fully saturated rings. The van der Waals surface area contributed by atoms with E-state index >= 15 is 0 Å². The Labute approximate surface area is 177 Å². The molecule has 30 heavy (non-hydrogen) atoms. The van der Waals surface area contributed by atoms with Crippen LogP contribution in [0, 0.1) is 13.8 Å². The summed E-state index contributed by atoms with van der Waals surface area (Å²) in [6.45, 7) is 5.51. The van der Waals surface area contributed by atoms with Crippen LogP contribution >= 0.6 is 0 Å². The number of methoxy groups -OCH3 is 1. The molecular weight excluding hydrogens is 372 g/mol. The summed E-state index contributed by atoms with van der Waals surface area (Å²) < 4.78 is 13.5. The van der Waals surface area contributed by atoms with Crippen molar-refractivity contribution in [3.05, 3.63) is 89.2 Å². The smallest absolute Gasteiger partial charge is 0.133 e. The van der Waals surface area contributed by atoms with Crippen molar-refractivity contribution in [3.63, 3.8) is 0 Å². The molecular formula is C26H26N2O2. The van der Waals surface area contributed by atoms with Gasteiger partial charge in [0.15, 0.2) is 0 Å². The molecule has 0 aliphatic carbocycles. The molecule has 0 atom stereocenters. The van der Waals surface area contributed by atoms with Gasteiger partial charge in [-0.25, -0.2) is 4.98 Å². The monoisotopic (exact) mass is 398 g/mol. The average molecular weight is 399 g/mol. The van der Waals surface area contributed by atoms with Gasteiger partial charge in [0, 0.05) is 0 Å². The molecule has 1 heterocycles. The lowest BCUT2D eigenvalue weighted by molar-refractivity contribution is 0.299. The van der Waals surface area contributed by atoms with Crippen molar-refractivity contribution in [1.82, 2.24) is 9.55 Å². The summed E-state index contributed by atoms with van der Waals surface area (Å²) in [4.78, 5) is 4.81. The molecule has 4 aromatic rings. The highest BCUT2D eigenvalue weighted by Gasteiger charge is 2.08. The van der Waals surface area contributed by atoms with Crippen LogP contribution in [-0.4, -0.2) is 23.3 Å². The molecule has 1 aromatic heterocycles. The van der Waals surface area contributed by atoms with E-state index in [1.165, 1.54) is 11.1 Å². The van der Waals surface area contributed by atoms with Crippen LogP contribution in [0.5, 0.6) is 11.5 Å². The molecule has 0 saturated carbocycles. The van der Waals surface area contributed by atoms with Crippen molar-refractivity contribution in [1.29, 1.82) is 0 Å². The molecule has 0 N–H and O–H groups in total. The first-order valence-corrected chi connectivity index (χ1v) is 10.1. The largest absolute Gasteiger partial charge is 0.497 e. The number of hydrogen-bond donors (Lipinski definition) is 0. The molecule has 4 heteroatoms. The molecule has 152 valence electrons. The first-order chi connectivity index (χ1) is 14.6. The highest BCUT2D eigenvalue weighted by molar-refractivity contribution is 5.79. The zero-order valence-corrected chi connectivity index (χ0v) is 17.6. The number of imidazole rings is 1. The van der Waals surface area contributed by atoms with E-state index in [4.69, 9.17) is 14.5 Å². The predicted molar refractivity (Wildman–Crippen MR) is 123 cm³/mol. The maximum Gasteiger partial charge on any atom is 0.133 e. The number of aromatic nitrogens is 2. The number of rotatable bonds is 7. The summed E-state index contributed by atoms with van der Waals surface area (Å²) >= 11 is 0. The Kier molecular flexibility index (Phi) is 5.84. The van der Waals surface area contributed by atoms with Crippen LogP contribution in [0.15, 0.2) is 66.7 Å². The van der Waals surface area contributed by atoms with Gasteiger partial charge in [-0.15, -0.1) is 0 Å². The maximum atomic E-state index is 6.02. The van der Waals surface area contributed by atoms with Crippen molar-refractivity contribution in [2.75, 3.05) is 13.7 Å². The number of benzene rings is 3. The van der Waals surface area contributed by atoms with Gasteiger partial charge in [-0.1, -0.05) is 36.4 Å². The van der Waals surface area contributed by atoms with E-state index in [1.807, 2.05) is 48.5 Å². The summed E-state index contributed by atoms with van der Waals surface area (Å²) in [5, 5.41) is 0. The second kappa shape index (κ2) is 8.87. The number of hydrogen-bond acceptors (Lipinski definition) is 3. The molecule has 4 nitrogen and oxygen atoms in total. The Morgan fingerprint density at radius 2 is 1.63 bits per heavy atom. The second-order valence-electron chi connectivity index (χ2n) is 7.31. The van der Waals surface area contributed by atoms with Gasteiger partial charge < -0.3 is 14.0 Å². The van der Waals surface area contributed by atoms with E-state index in [9.17, 15) is 0 Å². The van der Waals surface area contributed by atoms with Crippen LogP contribution < -0.4 is 9.47 Å². The van der Waals surface area contributed by atoms with Crippen molar-refractivity contribution in [2.45, 2.75) is 20.4 Å². The Bertz CT molecular complexity index is 1170. The lowest BCUT2D eigenvalue weighted by Gasteiger charge is -2.11. The molecule has 0 radical (unpaired) electrons. The zero-order chi connectivity index (χ0) is 20.9. The van der Waals surface area contributed by atoms with Crippen LogP contribution in [0.4, 0.5) is 0 Å². The van der Waals surface area contributed by atoms with E-state index < -0.39 is 0 Å². The van der Waals surface area contributed by atoms with Gasteiger partial charge in [-0.05, 0) is 73.0 Å². The Hall–Kier alpha value is -3.53.